The highest BCUT2D eigenvalue weighted by Gasteiger charge is 2.75. The van der Waals surface area contributed by atoms with Gasteiger partial charge >= 0.3 is 0 Å². The lowest BCUT2D eigenvalue weighted by Crippen LogP contribution is -2.80. The number of ether oxygens (including phenoxy) is 2. The molecule has 3 fully saturated rings. The quantitative estimate of drug-likeness (QED) is 0.505. The summed E-state index contributed by atoms with van der Waals surface area (Å²) < 4.78 is 12.6. The first-order valence-corrected chi connectivity index (χ1v) is 10.3. The number of hydrogen-bond donors (Lipinski definition) is 1. The van der Waals surface area contributed by atoms with Crippen LogP contribution >= 0.6 is 0 Å². The second-order valence-electron chi connectivity index (χ2n) is 9.44. The zero-order valence-corrected chi connectivity index (χ0v) is 15.9. The Kier molecular flexibility index (Phi) is 2.97. The van der Waals surface area contributed by atoms with Gasteiger partial charge in [0.15, 0.2) is 11.5 Å². The van der Waals surface area contributed by atoms with Crippen molar-refractivity contribution in [2.45, 2.75) is 61.7 Å². The van der Waals surface area contributed by atoms with Gasteiger partial charge in [0.2, 0.25) is 0 Å². The summed E-state index contributed by atoms with van der Waals surface area (Å²) in [7, 11) is 1.78. The average molecular weight is 369 g/mol. The third-order valence-electron chi connectivity index (χ3n) is 8.33. The number of hydroxylamine groups is 3. The molecule has 1 unspecified atom stereocenters. The summed E-state index contributed by atoms with van der Waals surface area (Å²) in [5.74, 6) is 1.38. The summed E-state index contributed by atoms with van der Waals surface area (Å²) in [6, 6.07) is 3.61. The van der Waals surface area contributed by atoms with Crippen molar-refractivity contribution in [1.82, 2.24) is 0 Å². The minimum absolute atomic E-state index is 0.112. The van der Waals surface area contributed by atoms with E-state index in [4.69, 9.17) is 9.47 Å². The van der Waals surface area contributed by atoms with Crippen molar-refractivity contribution in [3.63, 3.8) is 0 Å². The summed E-state index contributed by atoms with van der Waals surface area (Å²) in [6.45, 7) is 5.64. The highest BCUT2D eigenvalue weighted by molar-refractivity contribution is 5.63. The van der Waals surface area contributed by atoms with Crippen LogP contribution in [0.25, 0.3) is 0 Å². The van der Waals surface area contributed by atoms with Gasteiger partial charge in [0.05, 0.1) is 18.5 Å². The SMILES string of the molecule is C=C1CC[C@@]2(OC)[C@H]3Cc4ccc(O)c5c4[C@@]2(CC[N+]3([O-])CC2CC2)[C@H]1O5. The van der Waals surface area contributed by atoms with Gasteiger partial charge in [0.25, 0.3) is 0 Å². The zero-order valence-electron chi connectivity index (χ0n) is 15.9. The Hall–Kier alpha value is -1.56. The molecule has 1 spiro atoms. The van der Waals surface area contributed by atoms with Crippen molar-refractivity contribution >= 4 is 0 Å². The first-order valence-electron chi connectivity index (χ1n) is 10.3. The summed E-state index contributed by atoms with van der Waals surface area (Å²) in [4.78, 5) is 0. The van der Waals surface area contributed by atoms with Gasteiger partial charge in [0.1, 0.15) is 17.7 Å². The number of likely N-dealkylation sites (tertiary alicyclic amines) is 1. The van der Waals surface area contributed by atoms with Crippen molar-refractivity contribution in [3.8, 4) is 11.5 Å². The van der Waals surface area contributed by atoms with Crippen molar-refractivity contribution < 1.29 is 19.2 Å². The highest BCUT2D eigenvalue weighted by Crippen LogP contribution is 2.68. The van der Waals surface area contributed by atoms with Gasteiger partial charge < -0.3 is 24.4 Å². The van der Waals surface area contributed by atoms with Gasteiger partial charge in [-0.15, -0.1) is 0 Å². The molecule has 1 N–H and O–H groups in total. The fourth-order valence-electron chi connectivity index (χ4n) is 7.06. The Morgan fingerprint density at radius 3 is 2.93 bits per heavy atom. The Balaban J connectivity index is 1.62. The van der Waals surface area contributed by atoms with E-state index in [1.165, 1.54) is 12.8 Å². The van der Waals surface area contributed by atoms with Crippen molar-refractivity contribution in [2.75, 3.05) is 20.2 Å². The monoisotopic (exact) mass is 369 g/mol. The predicted octanol–water partition coefficient (Wildman–Crippen LogP) is 3.18. The number of benzene rings is 1. The molecule has 0 radical (unpaired) electrons. The first kappa shape index (κ1) is 16.4. The number of hydrogen-bond acceptors (Lipinski definition) is 4. The van der Waals surface area contributed by atoms with Crippen LogP contribution in [-0.2, 0) is 16.6 Å². The molecule has 5 heteroatoms. The molecule has 2 aliphatic heterocycles. The van der Waals surface area contributed by atoms with E-state index in [1.807, 2.05) is 6.07 Å². The first-order chi connectivity index (χ1) is 13.0. The Morgan fingerprint density at radius 2 is 2.19 bits per heavy atom. The van der Waals surface area contributed by atoms with Crippen LogP contribution in [0.5, 0.6) is 11.5 Å². The molecule has 1 aromatic rings. The minimum Gasteiger partial charge on any atom is -0.632 e. The van der Waals surface area contributed by atoms with E-state index < -0.39 is 5.60 Å². The fourth-order valence-corrected chi connectivity index (χ4v) is 7.06. The predicted molar refractivity (Wildman–Crippen MR) is 101 cm³/mol. The van der Waals surface area contributed by atoms with E-state index in [0.717, 1.165) is 42.5 Å². The molecule has 3 aliphatic carbocycles. The van der Waals surface area contributed by atoms with E-state index in [9.17, 15) is 10.3 Å². The molecular formula is C22H27NO4. The number of aromatic hydroxyl groups is 1. The molecule has 2 saturated carbocycles. The smallest absolute Gasteiger partial charge is 0.166 e. The summed E-state index contributed by atoms with van der Waals surface area (Å²) in [5.41, 5.74) is 2.40. The maximum absolute atomic E-state index is 14.2. The number of quaternary nitrogens is 1. The number of rotatable bonds is 3. The zero-order chi connectivity index (χ0) is 18.6. The second kappa shape index (κ2) is 4.88. The second-order valence-corrected chi connectivity index (χ2v) is 9.44. The number of piperidine rings is 1. The fraction of sp³-hybridized carbons (Fsp3) is 0.636. The van der Waals surface area contributed by atoms with Crippen LogP contribution in [0.3, 0.4) is 0 Å². The van der Waals surface area contributed by atoms with Gasteiger partial charge in [-0.05, 0) is 42.9 Å². The van der Waals surface area contributed by atoms with E-state index >= 15 is 0 Å². The number of methoxy groups -OCH3 is 1. The molecule has 0 amide bonds. The van der Waals surface area contributed by atoms with Gasteiger partial charge in [0, 0.05) is 31.4 Å². The Bertz CT molecular complexity index is 864. The molecule has 2 heterocycles. The number of phenolic OH excluding ortho intramolecular Hbond substituents is 1. The van der Waals surface area contributed by atoms with E-state index in [2.05, 4.69) is 6.58 Å². The molecule has 1 saturated heterocycles. The summed E-state index contributed by atoms with van der Waals surface area (Å²) in [6.07, 6.45) is 5.25. The van der Waals surface area contributed by atoms with Crippen LogP contribution < -0.4 is 4.74 Å². The summed E-state index contributed by atoms with van der Waals surface area (Å²) >= 11 is 0. The number of nitrogens with zero attached hydrogens (tertiary/aromatic N) is 1. The van der Waals surface area contributed by atoms with Crippen molar-refractivity contribution in [3.05, 3.63) is 40.6 Å². The molecule has 5 atom stereocenters. The molecule has 5 aliphatic rings. The molecular weight excluding hydrogens is 342 g/mol. The van der Waals surface area contributed by atoms with Gasteiger partial charge in [-0.25, -0.2) is 0 Å². The summed E-state index contributed by atoms with van der Waals surface area (Å²) in [5, 5.41) is 24.7. The van der Waals surface area contributed by atoms with Crippen LogP contribution in [-0.4, -0.2) is 47.7 Å². The Labute approximate surface area is 159 Å². The van der Waals surface area contributed by atoms with E-state index in [-0.39, 0.29) is 28.0 Å². The normalized spacial score (nSPS) is 44.0. The van der Waals surface area contributed by atoms with Crippen molar-refractivity contribution in [1.29, 1.82) is 0 Å². The van der Waals surface area contributed by atoms with E-state index in [0.29, 0.717) is 24.6 Å². The average Bonchev–Trinajstić information content (AvgIpc) is 3.38. The largest absolute Gasteiger partial charge is 0.632 e. The number of phenols is 1. The molecule has 1 aromatic carbocycles. The highest BCUT2D eigenvalue weighted by atomic mass is 16.6. The van der Waals surface area contributed by atoms with E-state index in [1.54, 1.807) is 13.2 Å². The molecule has 6 rings (SSSR count). The third kappa shape index (κ3) is 1.73. The topological polar surface area (TPSA) is 61.8 Å². The van der Waals surface area contributed by atoms with Crippen molar-refractivity contribution in [2.24, 2.45) is 5.92 Å². The van der Waals surface area contributed by atoms with Crippen LogP contribution in [0.15, 0.2) is 24.3 Å². The van der Waals surface area contributed by atoms with Crippen LogP contribution in [0.4, 0.5) is 0 Å². The van der Waals surface area contributed by atoms with Gasteiger partial charge in [-0.3, -0.25) is 0 Å². The third-order valence-corrected chi connectivity index (χ3v) is 8.33. The maximum atomic E-state index is 14.2. The molecule has 144 valence electrons. The maximum Gasteiger partial charge on any atom is 0.166 e. The lowest BCUT2D eigenvalue weighted by Gasteiger charge is -2.68. The molecule has 0 aromatic heterocycles. The molecule has 27 heavy (non-hydrogen) atoms. The Morgan fingerprint density at radius 1 is 1.37 bits per heavy atom. The van der Waals surface area contributed by atoms with Crippen LogP contribution in [0.2, 0.25) is 0 Å². The van der Waals surface area contributed by atoms with Crippen LogP contribution in [0.1, 0.15) is 43.2 Å². The molecule has 2 bridgehead atoms. The molecule has 5 nitrogen and oxygen atoms in total. The minimum atomic E-state index is -0.542. The lowest BCUT2D eigenvalue weighted by atomic mass is 9.48. The standard InChI is InChI=1S/C22H27NO4/c1-13-7-8-22(26-2)17-11-15-5-6-16(24)19-18(15)21(22,20(13)27-19)9-10-23(17,25)12-14-3-4-14/h5-6,14,17,20,24H,1,3-4,7-12H2,2H3/t17-,20+,21+,22-,23?/m1/s1. The van der Waals surface area contributed by atoms with Crippen LogP contribution in [0, 0.1) is 11.1 Å². The lowest BCUT2D eigenvalue weighted by molar-refractivity contribution is -0.924. The van der Waals surface area contributed by atoms with Gasteiger partial charge in [-0.2, -0.15) is 0 Å². The van der Waals surface area contributed by atoms with Gasteiger partial charge in [-0.1, -0.05) is 12.6 Å².